The first-order valence-electron chi connectivity index (χ1n) is 7.51. The van der Waals surface area contributed by atoms with Gasteiger partial charge in [0.25, 0.3) is 0 Å². The Bertz CT molecular complexity index is 550. The van der Waals surface area contributed by atoms with E-state index in [1.165, 1.54) is 4.90 Å². The van der Waals surface area contributed by atoms with Crippen LogP contribution < -0.4 is 10.1 Å². The summed E-state index contributed by atoms with van der Waals surface area (Å²) in [5.74, 6) is 0.375. The number of rotatable bonds is 7. The van der Waals surface area contributed by atoms with Crippen LogP contribution in [0.5, 0.6) is 5.75 Å². The van der Waals surface area contributed by atoms with Crippen LogP contribution in [0.3, 0.4) is 0 Å². The number of alkyl halides is 1. The van der Waals surface area contributed by atoms with E-state index in [1.54, 1.807) is 31.2 Å². The van der Waals surface area contributed by atoms with Crippen LogP contribution in [0.2, 0.25) is 0 Å². The summed E-state index contributed by atoms with van der Waals surface area (Å²) in [6.45, 7) is 4.19. The van der Waals surface area contributed by atoms with Crippen molar-refractivity contribution in [3.8, 4) is 5.75 Å². The highest BCUT2D eigenvalue weighted by Crippen LogP contribution is 2.19. The van der Waals surface area contributed by atoms with E-state index in [4.69, 9.17) is 4.74 Å². The van der Waals surface area contributed by atoms with Gasteiger partial charge in [0.2, 0.25) is 0 Å². The number of hydrogen-bond acceptors (Lipinski definition) is 3. The molecule has 0 saturated carbocycles. The van der Waals surface area contributed by atoms with Gasteiger partial charge in [0.15, 0.2) is 5.78 Å². The molecule has 2 atom stereocenters. The molecule has 1 aliphatic heterocycles. The number of nitrogens with one attached hydrogen (secondary N) is 1. The largest absolute Gasteiger partial charge is 0.494 e. The van der Waals surface area contributed by atoms with Gasteiger partial charge in [-0.3, -0.25) is 4.79 Å². The van der Waals surface area contributed by atoms with E-state index in [0.29, 0.717) is 24.3 Å². The zero-order valence-corrected chi connectivity index (χ0v) is 12.8. The SMILES string of the molecule is CCOc1cccc(C(=O)CN2C(=O)NC[C@@H]2[C@@H](F)CC)c1. The van der Waals surface area contributed by atoms with Crippen molar-refractivity contribution in [1.29, 1.82) is 0 Å². The molecule has 120 valence electrons. The lowest BCUT2D eigenvalue weighted by molar-refractivity contribution is 0.0902. The summed E-state index contributed by atoms with van der Waals surface area (Å²) in [7, 11) is 0. The maximum absolute atomic E-state index is 13.9. The number of amides is 2. The van der Waals surface area contributed by atoms with Gasteiger partial charge in [-0.05, 0) is 25.5 Å². The molecule has 6 heteroatoms. The van der Waals surface area contributed by atoms with Crippen LogP contribution in [0.4, 0.5) is 9.18 Å². The van der Waals surface area contributed by atoms with E-state index in [-0.39, 0.29) is 18.9 Å². The molecule has 0 radical (unpaired) electrons. The molecular formula is C16H21FN2O3. The van der Waals surface area contributed by atoms with Gasteiger partial charge in [-0.25, -0.2) is 9.18 Å². The number of urea groups is 1. The first kappa shape index (κ1) is 16.3. The van der Waals surface area contributed by atoms with Crippen molar-refractivity contribution in [2.75, 3.05) is 19.7 Å². The van der Waals surface area contributed by atoms with Gasteiger partial charge in [0.1, 0.15) is 11.9 Å². The molecule has 1 aromatic rings. The Kier molecular flexibility index (Phi) is 5.35. The van der Waals surface area contributed by atoms with Gasteiger partial charge in [-0.1, -0.05) is 19.1 Å². The van der Waals surface area contributed by atoms with Crippen LogP contribution >= 0.6 is 0 Å². The molecule has 2 rings (SSSR count). The summed E-state index contributed by atoms with van der Waals surface area (Å²) in [6.07, 6.45) is -0.828. The number of carbonyl (C=O) groups excluding carboxylic acids is 2. The average Bonchev–Trinajstić information content (AvgIpc) is 2.88. The van der Waals surface area contributed by atoms with E-state index < -0.39 is 18.2 Å². The van der Waals surface area contributed by atoms with Crippen LogP contribution in [0.25, 0.3) is 0 Å². The Morgan fingerprint density at radius 3 is 2.95 bits per heavy atom. The number of nitrogens with zero attached hydrogens (tertiary/aromatic N) is 1. The lowest BCUT2D eigenvalue weighted by Gasteiger charge is -2.24. The van der Waals surface area contributed by atoms with Crippen molar-refractivity contribution in [3.05, 3.63) is 29.8 Å². The number of carbonyl (C=O) groups is 2. The maximum atomic E-state index is 13.9. The van der Waals surface area contributed by atoms with Gasteiger partial charge < -0.3 is 15.0 Å². The molecular weight excluding hydrogens is 287 g/mol. The van der Waals surface area contributed by atoms with Crippen LogP contribution in [0.1, 0.15) is 30.6 Å². The molecule has 5 nitrogen and oxygen atoms in total. The van der Waals surface area contributed by atoms with E-state index in [2.05, 4.69) is 5.32 Å². The smallest absolute Gasteiger partial charge is 0.318 e. The molecule has 22 heavy (non-hydrogen) atoms. The fraction of sp³-hybridized carbons (Fsp3) is 0.500. The minimum atomic E-state index is -1.14. The second kappa shape index (κ2) is 7.24. The van der Waals surface area contributed by atoms with Gasteiger partial charge >= 0.3 is 6.03 Å². The molecule has 1 N–H and O–H groups in total. The van der Waals surface area contributed by atoms with Crippen LogP contribution in [0, 0.1) is 0 Å². The van der Waals surface area contributed by atoms with Crippen molar-refractivity contribution in [1.82, 2.24) is 10.2 Å². The summed E-state index contributed by atoms with van der Waals surface area (Å²) in [5.41, 5.74) is 0.455. The highest BCUT2D eigenvalue weighted by molar-refractivity contribution is 5.99. The summed E-state index contributed by atoms with van der Waals surface area (Å²) >= 11 is 0. The van der Waals surface area contributed by atoms with E-state index in [0.717, 1.165) is 0 Å². The Morgan fingerprint density at radius 1 is 1.50 bits per heavy atom. The molecule has 1 saturated heterocycles. The zero-order chi connectivity index (χ0) is 16.1. The Hall–Kier alpha value is -2.11. The van der Waals surface area contributed by atoms with Gasteiger partial charge in [-0.2, -0.15) is 0 Å². The number of ketones is 1. The number of halogens is 1. The van der Waals surface area contributed by atoms with Crippen molar-refractivity contribution < 1.29 is 18.7 Å². The van der Waals surface area contributed by atoms with Crippen molar-refractivity contribution >= 4 is 11.8 Å². The third kappa shape index (κ3) is 3.55. The monoisotopic (exact) mass is 308 g/mol. The first-order valence-corrected chi connectivity index (χ1v) is 7.51. The predicted molar refractivity (Wildman–Crippen MR) is 81.0 cm³/mol. The summed E-state index contributed by atoms with van der Waals surface area (Å²) < 4.78 is 19.3. The standard InChI is InChI=1S/C16H21FN2O3/c1-3-13(17)14-9-18-16(21)19(14)10-15(20)11-6-5-7-12(8-11)22-4-2/h5-8,13-14H,3-4,9-10H2,1-2H3,(H,18,21)/t13-,14+/m0/s1. The number of hydrogen-bond donors (Lipinski definition) is 1. The molecule has 0 aliphatic carbocycles. The highest BCUT2D eigenvalue weighted by atomic mass is 19.1. The Labute approximate surface area is 129 Å². The number of Topliss-reactive ketones (excluding diaryl/α,β-unsaturated/α-hetero) is 1. The van der Waals surface area contributed by atoms with Crippen LogP contribution in [-0.4, -0.2) is 48.6 Å². The van der Waals surface area contributed by atoms with Crippen LogP contribution in [-0.2, 0) is 0 Å². The van der Waals surface area contributed by atoms with Crippen molar-refractivity contribution in [2.24, 2.45) is 0 Å². The lowest BCUT2D eigenvalue weighted by Crippen LogP contribution is -2.43. The fourth-order valence-corrected chi connectivity index (χ4v) is 2.51. The summed E-state index contributed by atoms with van der Waals surface area (Å²) in [5, 5.41) is 2.59. The molecule has 1 fully saturated rings. The topological polar surface area (TPSA) is 58.6 Å². The molecule has 2 amide bonds. The number of benzene rings is 1. The van der Waals surface area contributed by atoms with Crippen LogP contribution in [0.15, 0.2) is 24.3 Å². The Morgan fingerprint density at radius 2 is 2.27 bits per heavy atom. The van der Waals surface area contributed by atoms with Crippen molar-refractivity contribution in [2.45, 2.75) is 32.5 Å². The predicted octanol–water partition coefficient (Wildman–Crippen LogP) is 2.41. The first-order chi connectivity index (χ1) is 10.6. The van der Waals surface area contributed by atoms with E-state index in [1.807, 2.05) is 6.92 Å². The van der Waals surface area contributed by atoms with Gasteiger partial charge in [0, 0.05) is 12.1 Å². The second-order valence-electron chi connectivity index (χ2n) is 5.19. The molecule has 0 spiro atoms. The zero-order valence-electron chi connectivity index (χ0n) is 12.8. The van der Waals surface area contributed by atoms with E-state index in [9.17, 15) is 14.0 Å². The molecule has 0 bridgehead atoms. The van der Waals surface area contributed by atoms with Crippen molar-refractivity contribution in [3.63, 3.8) is 0 Å². The average molecular weight is 308 g/mol. The van der Waals surface area contributed by atoms with Gasteiger partial charge in [-0.15, -0.1) is 0 Å². The Balaban J connectivity index is 2.09. The van der Waals surface area contributed by atoms with Gasteiger partial charge in [0.05, 0.1) is 19.2 Å². The normalized spacial score (nSPS) is 19.0. The third-order valence-electron chi connectivity index (χ3n) is 3.71. The highest BCUT2D eigenvalue weighted by Gasteiger charge is 2.37. The molecule has 1 aromatic carbocycles. The fourth-order valence-electron chi connectivity index (χ4n) is 2.51. The molecule has 0 unspecified atom stereocenters. The number of ether oxygens (including phenoxy) is 1. The third-order valence-corrected chi connectivity index (χ3v) is 3.71. The lowest BCUT2D eigenvalue weighted by atomic mass is 10.1. The van der Waals surface area contributed by atoms with E-state index >= 15 is 0 Å². The minimum absolute atomic E-state index is 0.132. The maximum Gasteiger partial charge on any atom is 0.318 e. The molecule has 1 heterocycles. The molecule has 1 aliphatic rings. The second-order valence-corrected chi connectivity index (χ2v) is 5.19. The molecule has 0 aromatic heterocycles. The summed E-state index contributed by atoms with van der Waals surface area (Å²) in [4.78, 5) is 25.5. The summed E-state index contributed by atoms with van der Waals surface area (Å²) in [6, 6.07) is 5.82. The quantitative estimate of drug-likeness (QED) is 0.787. The minimum Gasteiger partial charge on any atom is -0.494 e.